The molecule has 1 aliphatic rings. The first-order chi connectivity index (χ1) is 13.8. The van der Waals surface area contributed by atoms with Crippen LogP contribution in [0.5, 0.6) is 5.75 Å². The third kappa shape index (κ3) is 5.27. The zero-order chi connectivity index (χ0) is 21.0. The van der Waals surface area contributed by atoms with E-state index >= 15 is 0 Å². The molecule has 0 radical (unpaired) electrons. The number of amides is 1. The van der Waals surface area contributed by atoms with Gasteiger partial charge in [0.2, 0.25) is 10.0 Å². The molecule has 0 spiro atoms. The Hall–Kier alpha value is -2.13. The van der Waals surface area contributed by atoms with Gasteiger partial charge >= 0.3 is 0 Å². The molecule has 2 aromatic rings. The van der Waals surface area contributed by atoms with Gasteiger partial charge in [-0.3, -0.25) is 4.79 Å². The Kier molecular flexibility index (Phi) is 6.79. The number of rotatable bonds is 6. The van der Waals surface area contributed by atoms with Crippen LogP contribution in [0.15, 0.2) is 47.4 Å². The molecule has 0 aliphatic carbocycles. The van der Waals surface area contributed by atoms with Crippen LogP contribution in [0.1, 0.15) is 24.2 Å². The van der Waals surface area contributed by atoms with E-state index in [0.717, 1.165) is 0 Å². The fraction of sp³-hybridized carbons (Fsp3) is 0.350. The van der Waals surface area contributed by atoms with Crippen LogP contribution in [0.2, 0.25) is 5.02 Å². The van der Waals surface area contributed by atoms with Gasteiger partial charge in [-0.2, -0.15) is 4.31 Å². The molecule has 2 aromatic carbocycles. The van der Waals surface area contributed by atoms with Crippen molar-refractivity contribution in [2.75, 3.05) is 31.6 Å². The highest BCUT2D eigenvalue weighted by Crippen LogP contribution is 2.28. The van der Waals surface area contributed by atoms with Crippen LogP contribution in [0.4, 0.5) is 5.69 Å². The zero-order valence-corrected chi connectivity index (χ0v) is 17.8. The fourth-order valence-corrected chi connectivity index (χ4v) is 4.77. The minimum absolute atomic E-state index is 0.0376. The zero-order valence-electron chi connectivity index (χ0n) is 16.2. The number of carbonyl (C=O) groups excluding carboxylic acids is 1. The maximum Gasteiger partial charge on any atom is 0.255 e. The standard InChI is InChI=1S/C20H23ClN2O5S/c1-14(2)28-17-6-3-15(4-7-17)20(24)22-16-5-8-18(21)19(13-16)29(25,26)23-9-11-27-12-10-23/h3-8,13-14H,9-12H2,1-2H3,(H,22,24). The topological polar surface area (TPSA) is 84.9 Å². The lowest BCUT2D eigenvalue weighted by Crippen LogP contribution is -2.40. The van der Waals surface area contributed by atoms with Gasteiger partial charge in [-0.05, 0) is 56.3 Å². The first-order valence-electron chi connectivity index (χ1n) is 9.23. The SMILES string of the molecule is CC(C)Oc1ccc(C(=O)Nc2ccc(Cl)c(S(=O)(=O)N3CCOCC3)c2)cc1. The number of sulfonamides is 1. The number of ether oxygens (including phenoxy) is 2. The lowest BCUT2D eigenvalue weighted by Gasteiger charge is -2.26. The Morgan fingerprint density at radius 2 is 1.79 bits per heavy atom. The molecule has 7 nitrogen and oxygen atoms in total. The molecular formula is C20H23ClN2O5S. The van der Waals surface area contributed by atoms with E-state index in [4.69, 9.17) is 21.1 Å². The molecule has 1 aliphatic heterocycles. The summed E-state index contributed by atoms with van der Waals surface area (Å²) in [5.74, 6) is 0.306. The van der Waals surface area contributed by atoms with Crippen molar-refractivity contribution < 1.29 is 22.7 Å². The van der Waals surface area contributed by atoms with Crippen molar-refractivity contribution in [2.24, 2.45) is 0 Å². The van der Waals surface area contributed by atoms with Gasteiger partial charge in [-0.25, -0.2) is 8.42 Å². The van der Waals surface area contributed by atoms with Gasteiger partial charge in [0.25, 0.3) is 5.91 Å². The summed E-state index contributed by atoms with van der Waals surface area (Å²) < 4.78 is 37.9. The number of anilines is 1. The molecule has 1 amide bonds. The van der Waals surface area contributed by atoms with Crippen LogP contribution in [0.25, 0.3) is 0 Å². The van der Waals surface area contributed by atoms with Gasteiger partial charge < -0.3 is 14.8 Å². The van der Waals surface area contributed by atoms with E-state index in [9.17, 15) is 13.2 Å². The molecule has 0 atom stereocenters. The Morgan fingerprint density at radius 1 is 1.14 bits per heavy atom. The van der Waals surface area contributed by atoms with Gasteiger partial charge in [-0.15, -0.1) is 0 Å². The van der Waals surface area contributed by atoms with E-state index in [0.29, 0.717) is 30.2 Å². The first-order valence-corrected chi connectivity index (χ1v) is 11.0. The van der Waals surface area contributed by atoms with Crippen LogP contribution in [-0.2, 0) is 14.8 Å². The van der Waals surface area contributed by atoms with Crippen LogP contribution in [-0.4, -0.2) is 51.0 Å². The van der Waals surface area contributed by atoms with Gasteiger partial charge in [-0.1, -0.05) is 11.6 Å². The summed E-state index contributed by atoms with van der Waals surface area (Å²) >= 11 is 6.15. The molecule has 1 N–H and O–H groups in total. The Labute approximate surface area is 175 Å². The van der Waals surface area contributed by atoms with Crippen molar-refractivity contribution in [1.29, 1.82) is 0 Å². The van der Waals surface area contributed by atoms with Crippen molar-refractivity contribution in [1.82, 2.24) is 4.31 Å². The number of carbonyl (C=O) groups is 1. The normalized spacial score (nSPS) is 15.3. The third-order valence-electron chi connectivity index (χ3n) is 4.27. The van der Waals surface area contributed by atoms with Crippen LogP contribution >= 0.6 is 11.6 Å². The van der Waals surface area contributed by atoms with Crippen LogP contribution in [0, 0.1) is 0 Å². The second kappa shape index (κ2) is 9.13. The van der Waals surface area contributed by atoms with Crippen molar-refractivity contribution in [3.8, 4) is 5.75 Å². The minimum atomic E-state index is -3.78. The molecule has 9 heteroatoms. The Balaban J connectivity index is 1.78. The van der Waals surface area contributed by atoms with Crippen molar-refractivity contribution in [2.45, 2.75) is 24.8 Å². The molecule has 0 aromatic heterocycles. The fourth-order valence-electron chi connectivity index (χ4n) is 2.87. The number of nitrogens with zero attached hydrogens (tertiary/aromatic N) is 1. The van der Waals surface area contributed by atoms with Crippen molar-refractivity contribution in [3.05, 3.63) is 53.1 Å². The van der Waals surface area contributed by atoms with Gasteiger partial charge in [0.05, 0.1) is 24.3 Å². The highest BCUT2D eigenvalue weighted by molar-refractivity contribution is 7.89. The van der Waals surface area contributed by atoms with E-state index in [-0.39, 0.29) is 35.0 Å². The Morgan fingerprint density at radius 3 is 2.41 bits per heavy atom. The monoisotopic (exact) mass is 438 g/mol. The predicted octanol–water partition coefficient (Wildman–Crippen LogP) is 3.40. The molecule has 1 fully saturated rings. The third-order valence-corrected chi connectivity index (χ3v) is 6.65. The van der Waals surface area contributed by atoms with Crippen LogP contribution < -0.4 is 10.1 Å². The molecule has 3 rings (SSSR count). The largest absolute Gasteiger partial charge is 0.491 e. The van der Waals surface area contributed by atoms with Gasteiger partial charge in [0.15, 0.2) is 0 Å². The number of benzene rings is 2. The van der Waals surface area contributed by atoms with Gasteiger partial charge in [0.1, 0.15) is 10.6 Å². The Bertz CT molecular complexity index is 971. The quantitative estimate of drug-likeness (QED) is 0.747. The molecule has 156 valence electrons. The second-order valence-corrected chi connectivity index (χ2v) is 9.12. The van der Waals surface area contributed by atoms with E-state index in [1.807, 2.05) is 13.8 Å². The number of hydrogen-bond acceptors (Lipinski definition) is 5. The number of morpholine rings is 1. The highest BCUT2D eigenvalue weighted by atomic mass is 35.5. The molecule has 1 saturated heterocycles. The summed E-state index contributed by atoms with van der Waals surface area (Å²) in [6.07, 6.45) is 0.0376. The average molecular weight is 439 g/mol. The van der Waals surface area contributed by atoms with Gasteiger partial charge in [0, 0.05) is 24.3 Å². The second-order valence-electron chi connectivity index (χ2n) is 6.81. The summed E-state index contributed by atoms with van der Waals surface area (Å²) in [4.78, 5) is 12.5. The summed E-state index contributed by atoms with van der Waals surface area (Å²) in [5.41, 5.74) is 0.766. The lowest BCUT2D eigenvalue weighted by molar-refractivity contribution is 0.0730. The summed E-state index contributed by atoms with van der Waals surface area (Å²) in [7, 11) is -3.78. The number of hydrogen-bond donors (Lipinski definition) is 1. The van der Waals surface area contributed by atoms with Crippen molar-refractivity contribution in [3.63, 3.8) is 0 Å². The summed E-state index contributed by atoms with van der Waals surface area (Å²) in [5, 5.41) is 2.82. The lowest BCUT2D eigenvalue weighted by atomic mass is 10.2. The van der Waals surface area contributed by atoms with E-state index < -0.39 is 10.0 Å². The predicted molar refractivity (Wildman–Crippen MR) is 111 cm³/mol. The number of nitrogens with one attached hydrogen (secondary N) is 1. The van der Waals surface area contributed by atoms with Crippen molar-refractivity contribution >= 4 is 33.2 Å². The molecule has 0 saturated carbocycles. The number of halogens is 1. The maximum absolute atomic E-state index is 12.9. The smallest absolute Gasteiger partial charge is 0.255 e. The average Bonchev–Trinajstić information content (AvgIpc) is 2.70. The van der Waals surface area contributed by atoms with E-state index in [1.54, 1.807) is 30.3 Å². The molecule has 0 bridgehead atoms. The first kappa shape index (κ1) is 21.6. The van der Waals surface area contributed by atoms with Crippen LogP contribution in [0.3, 0.4) is 0 Å². The summed E-state index contributed by atoms with van der Waals surface area (Å²) in [6.45, 7) is 5.04. The molecular weight excluding hydrogens is 416 g/mol. The summed E-state index contributed by atoms with van der Waals surface area (Å²) in [6, 6.07) is 11.1. The van der Waals surface area contributed by atoms with E-state index in [1.165, 1.54) is 16.4 Å². The van der Waals surface area contributed by atoms with E-state index in [2.05, 4.69) is 5.32 Å². The minimum Gasteiger partial charge on any atom is -0.491 e. The maximum atomic E-state index is 12.9. The molecule has 0 unspecified atom stereocenters. The molecule has 29 heavy (non-hydrogen) atoms. The molecule has 1 heterocycles. The highest BCUT2D eigenvalue weighted by Gasteiger charge is 2.28.